The summed E-state index contributed by atoms with van der Waals surface area (Å²) >= 11 is 0. The van der Waals surface area contributed by atoms with Gasteiger partial charge in [-0.3, -0.25) is 14.2 Å². The first kappa shape index (κ1) is 18.2. The van der Waals surface area contributed by atoms with E-state index in [9.17, 15) is 9.59 Å². The van der Waals surface area contributed by atoms with Gasteiger partial charge in [0.05, 0.1) is 18.6 Å². The minimum atomic E-state index is -0.361. The normalized spacial score (nSPS) is 10.4. The van der Waals surface area contributed by atoms with Crippen molar-refractivity contribution >= 4 is 5.91 Å². The van der Waals surface area contributed by atoms with Gasteiger partial charge in [-0.1, -0.05) is 30.3 Å². The van der Waals surface area contributed by atoms with Crippen LogP contribution in [-0.4, -0.2) is 38.6 Å². The molecule has 27 heavy (non-hydrogen) atoms. The van der Waals surface area contributed by atoms with Crippen molar-refractivity contribution in [3.63, 3.8) is 0 Å². The monoisotopic (exact) mass is 365 g/mol. The quantitative estimate of drug-likeness (QED) is 0.682. The summed E-state index contributed by atoms with van der Waals surface area (Å²) in [7, 11) is 0. The summed E-state index contributed by atoms with van der Waals surface area (Å²) in [5.41, 5.74) is 1.52. The van der Waals surface area contributed by atoms with Crippen molar-refractivity contribution in [2.24, 2.45) is 0 Å². The maximum atomic E-state index is 12.2. The summed E-state index contributed by atoms with van der Waals surface area (Å²) < 4.78 is 6.69. The Morgan fingerprint density at radius 3 is 2.70 bits per heavy atom. The van der Waals surface area contributed by atoms with Crippen LogP contribution in [0.1, 0.15) is 17.4 Å². The number of benzene rings is 1. The summed E-state index contributed by atoms with van der Waals surface area (Å²) in [5, 5.41) is 2.72. The first-order valence-corrected chi connectivity index (χ1v) is 8.52. The predicted molar refractivity (Wildman–Crippen MR) is 99.5 cm³/mol. The zero-order chi connectivity index (χ0) is 19.1. The Labute approximate surface area is 155 Å². The first-order chi connectivity index (χ1) is 13.2. The fraction of sp³-hybridized carbons (Fsp3) is 0.211. The average molecular weight is 365 g/mol. The molecule has 1 amide bonds. The summed E-state index contributed by atoms with van der Waals surface area (Å²) in [4.78, 5) is 36.6. The minimum absolute atomic E-state index is 0.182. The van der Waals surface area contributed by atoms with E-state index in [2.05, 4.69) is 20.3 Å². The maximum absolute atomic E-state index is 12.2. The molecule has 0 saturated heterocycles. The van der Waals surface area contributed by atoms with Gasteiger partial charge in [-0.05, 0) is 6.92 Å². The molecule has 2 aromatic heterocycles. The molecule has 0 aliphatic carbocycles. The van der Waals surface area contributed by atoms with Gasteiger partial charge in [-0.15, -0.1) is 0 Å². The van der Waals surface area contributed by atoms with E-state index in [4.69, 9.17) is 4.74 Å². The molecule has 0 aliphatic heterocycles. The fourth-order valence-electron chi connectivity index (χ4n) is 2.43. The number of carbonyl (C=O) groups is 1. The summed E-state index contributed by atoms with van der Waals surface area (Å²) in [5.74, 6) is -0.0187. The highest BCUT2D eigenvalue weighted by Crippen LogP contribution is 2.13. The van der Waals surface area contributed by atoms with Gasteiger partial charge in [0.25, 0.3) is 11.5 Å². The fourth-order valence-corrected chi connectivity index (χ4v) is 2.43. The Morgan fingerprint density at radius 1 is 1.15 bits per heavy atom. The molecule has 0 radical (unpaired) electrons. The predicted octanol–water partition coefficient (Wildman–Crippen LogP) is 1.53. The second kappa shape index (κ2) is 8.70. The molecule has 1 N–H and O–H groups in total. The minimum Gasteiger partial charge on any atom is -0.478 e. The number of nitrogens with one attached hydrogen (secondary N) is 1. The molecule has 0 spiro atoms. The highest BCUT2D eigenvalue weighted by molar-refractivity contribution is 5.92. The summed E-state index contributed by atoms with van der Waals surface area (Å²) in [6.07, 6.45) is 2.76. The van der Waals surface area contributed by atoms with Crippen molar-refractivity contribution in [3.8, 4) is 17.1 Å². The molecule has 0 fully saturated rings. The third-order valence-corrected chi connectivity index (χ3v) is 3.75. The molecule has 138 valence electrons. The van der Waals surface area contributed by atoms with Gasteiger partial charge >= 0.3 is 0 Å². The van der Waals surface area contributed by atoms with Crippen molar-refractivity contribution in [2.75, 3.05) is 13.2 Å². The van der Waals surface area contributed by atoms with Crippen LogP contribution in [0.5, 0.6) is 5.88 Å². The standard InChI is InChI=1S/C19H19N5O3/c1-2-27-17-10-16(21-12-22-17)19(26)20-8-9-24-13-23-15(11-18(24)25)14-6-4-3-5-7-14/h3-7,10-13H,2,8-9H2,1H3,(H,20,26). The summed E-state index contributed by atoms with van der Waals surface area (Å²) in [6, 6.07) is 12.4. The van der Waals surface area contributed by atoms with Crippen LogP contribution in [0.3, 0.4) is 0 Å². The Bertz CT molecular complexity index is 972. The number of carbonyl (C=O) groups excluding carboxylic acids is 1. The van der Waals surface area contributed by atoms with Crippen LogP contribution in [0.25, 0.3) is 11.3 Å². The van der Waals surface area contributed by atoms with E-state index in [0.29, 0.717) is 24.7 Å². The number of rotatable bonds is 7. The SMILES string of the molecule is CCOc1cc(C(=O)NCCn2cnc(-c3ccccc3)cc2=O)ncn1. The highest BCUT2D eigenvalue weighted by Gasteiger charge is 2.09. The third-order valence-electron chi connectivity index (χ3n) is 3.75. The molecule has 1 aromatic carbocycles. The van der Waals surface area contributed by atoms with E-state index in [1.165, 1.54) is 29.4 Å². The molecule has 0 unspecified atom stereocenters. The lowest BCUT2D eigenvalue weighted by molar-refractivity contribution is 0.0946. The lowest BCUT2D eigenvalue weighted by Crippen LogP contribution is -2.31. The molecule has 2 heterocycles. The highest BCUT2D eigenvalue weighted by atomic mass is 16.5. The van der Waals surface area contributed by atoms with Crippen LogP contribution in [0.2, 0.25) is 0 Å². The number of aromatic nitrogens is 4. The second-order valence-corrected chi connectivity index (χ2v) is 5.60. The Morgan fingerprint density at radius 2 is 1.96 bits per heavy atom. The number of hydrogen-bond donors (Lipinski definition) is 1. The lowest BCUT2D eigenvalue weighted by Gasteiger charge is -2.08. The smallest absolute Gasteiger partial charge is 0.270 e. The Kier molecular flexibility index (Phi) is 5.88. The molecule has 8 nitrogen and oxygen atoms in total. The van der Waals surface area contributed by atoms with Crippen LogP contribution in [-0.2, 0) is 6.54 Å². The van der Waals surface area contributed by atoms with E-state index in [-0.39, 0.29) is 23.7 Å². The van der Waals surface area contributed by atoms with Gasteiger partial charge in [0.2, 0.25) is 5.88 Å². The largest absolute Gasteiger partial charge is 0.478 e. The zero-order valence-electron chi connectivity index (χ0n) is 14.8. The first-order valence-electron chi connectivity index (χ1n) is 8.52. The van der Waals surface area contributed by atoms with Gasteiger partial charge in [0, 0.05) is 30.8 Å². The molecular formula is C19H19N5O3. The van der Waals surface area contributed by atoms with Gasteiger partial charge < -0.3 is 10.1 Å². The molecule has 3 rings (SSSR count). The molecule has 0 atom stereocenters. The van der Waals surface area contributed by atoms with E-state index in [1.54, 1.807) is 0 Å². The van der Waals surface area contributed by atoms with Gasteiger partial charge in [-0.2, -0.15) is 0 Å². The van der Waals surface area contributed by atoms with E-state index >= 15 is 0 Å². The maximum Gasteiger partial charge on any atom is 0.270 e. The second-order valence-electron chi connectivity index (χ2n) is 5.60. The molecular weight excluding hydrogens is 346 g/mol. The molecule has 0 bridgehead atoms. The van der Waals surface area contributed by atoms with E-state index in [0.717, 1.165) is 5.56 Å². The van der Waals surface area contributed by atoms with Crippen LogP contribution < -0.4 is 15.6 Å². The van der Waals surface area contributed by atoms with Gasteiger partial charge in [-0.25, -0.2) is 15.0 Å². The van der Waals surface area contributed by atoms with Crippen LogP contribution >= 0.6 is 0 Å². The Hall–Kier alpha value is -3.55. The van der Waals surface area contributed by atoms with Crippen molar-refractivity contribution < 1.29 is 9.53 Å². The van der Waals surface area contributed by atoms with E-state index < -0.39 is 0 Å². The van der Waals surface area contributed by atoms with Crippen LogP contribution in [0.15, 0.2) is 59.9 Å². The summed E-state index contributed by atoms with van der Waals surface area (Å²) in [6.45, 7) is 2.85. The van der Waals surface area contributed by atoms with Crippen molar-refractivity contribution in [1.82, 2.24) is 24.8 Å². The molecule has 3 aromatic rings. The van der Waals surface area contributed by atoms with E-state index in [1.807, 2.05) is 37.3 Å². The molecule has 0 saturated carbocycles. The Balaban J connectivity index is 1.60. The van der Waals surface area contributed by atoms with Crippen molar-refractivity contribution in [3.05, 3.63) is 71.2 Å². The molecule has 8 heteroatoms. The zero-order valence-corrected chi connectivity index (χ0v) is 14.8. The molecule has 0 aliphatic rings. The topological polar surface area (TPSA) is 99.0 Å². The average Bonchev–Trinajstić information content (AvgIpc) is 2.70. The van der Waals surface area contributed by atoms with Crippen molar-refractivity contribution in [2.45, 2.75) is 13.5 Å². The number of ether oxygens (including phenoxy) is 1. The lowest BCUT2D eigenvalue weighted by atomic mass is 10.1. The van der Waals surface area contributed by atoms with Crippen molar-refractivity contribution in [1.29, 1.82) is 0 Å². The third kappa shape index (κ3) is 4.75. The van der Waals surface area contributed by atoms with Crippen LogP contribution in [0, 0.1) is 0 Å². The number of hydrogen-bond acceptors (Lipinski definition) is 6. The van der Waals surface area contributed by atoms with Gasteiger partial charge in [0.1, 0.15) is 12.0 Å². The number of amides is 1. The van der Waals surface area contributed by atoms with Crippen LogP contribution in [0.4, 0.5) is 0 Å². The number of nitrogens with zero attached hydrogens (tertiary/aromatic N) is 4. The van der Waals surface area contributed by atoms with Gasteiger partial charge in [0.15, 0.2) is 0 Å².